The van der Waals surface area contributed by atoms with Gasteiger partial charge in [0, 0.05) is 11.0 Å². The number of urea groups is 1. The second-order valence-corrected chi connectivity index (χ2v) is 5.83. The van der Waals surface area contributed by atoms with E-state index >= 15 is 0 Å². The zero-order chi connectivity index (χ0) is 13.1. The third-order valence-electron chi connectivity index (χ3n) is 3.36. The number of amides is 2. The van der Waals surface area contributed by atoms with Crippen molar-refractivity contribution in [1.82, 2.24) is 10.6 Å². The van der Waals surface area contributed by atoms with Crippen molar-refractivity contribution in [2.75, 3.05) is 5.75 Å². The first-order valence-corrected chi connectivity index (χ1v) is 6.96. The highest BCUT2D eigenvalue weighted by molar-refractivity contribution is 8.00. The SMILES string of the molecule is O=[C]C(CCC[C@@H]1SC[C@@H]2NC(=O)N[C@@H]21)C(=O)O. The Kier molecular flexibility index (Phi) is 4.11. The molecule has 2 amide bonds. The summed E-state index contributed by atoms with van der Waals surface area (Å²) in [4.78, 5) is 32.2. The van der Waals surface area contributed by atoms with Crippen LogP contribution in [0.1, 0.15) is 19.3 Å². The predicted octanol–water partition coefficient (Wildman–Crippen LogP) is 0.133. The summed E-state index contributed by atoms with van der Waals surface area (Å²) in [5.41, 5.74) is 0. The van der Waals surface area contributed by atoms with Crippen molar-refractivity contribution in [2.45, 2.75) is 36.6 Å². The van der Waals surface area contributed by atoms with Gasteiger partial charge in [0.25, 0.3) is 0 Å². The Hall–Kier alpha value is -1.24. The number of carbonyl (C=O) groups excluding carboxylic acids is 2. The normalized spacial score (nSPS) is 31.3. The smallest absolute Gasteiger partial charge is 0.315 e. The van der Waals surface area contributed by atoms with Gasteiger partial charge in [0.1, 0.15) is 5.92 Å². The molecule has 0 aromatic carbocycles. The maximum atomic E-state index is 11.2. The molecular weight excluding hydrogens is 256 g/mol. The molecule has 4 atom stereocenters. The van der Waals surface area contributed by atoms with E-state index < -0.39 is 11.9 Å². The maximum Gasteiger partial charge on any atom is 0.315 e. The molecule has 2 fully saturated rings. The molecule has 0 aromatic heterocycles. The lowest BCUT2D eigenvalue weighted by molar-refractivity contribution is -0.139. The molecule has 0 saturated carbocycles. The van der Waals surface area contributed by atoms with Gasteiger partial charge in [-0.3, -0.25) is 9.59 Å². The van der Waals surface area contributed by atoms with Crippen molar-refractivity contribution in [2.24, 2.45) is 5.92 Å². The standard InChI is InChI=1S/C11H15N2O4S/c14-4-6(10(15)16)2-1-3-8-9-7(5-18-8)12-11(17)13-9/h6-9H,1-3,5H2,(H,15,16)(H2,12,13,17)/t6?,7-,8-,9-/m0/s1. The zero-order valence-corrected chi connectivity index (χ0v) is 10.5. The number of aliphatic carboxylic acids is 1. The second-order valence-electron chi connectivity index (χ2n) is 4.56. The minimum atomic E-state index is -1.11. The van der Waals surface area contributed by atoms with E-state index in [1.807, 2.05) is 0 Å². The molecule has 2 aliphatic heterocycles. The van der Waals surface area contributed by atoms with Gasteiger partial charge in [0.2, 0.25) is 6.29 Å². The first-order chi connectivity index (χ1) is 8.61. The van der Waals surface area contributed by atoms with E-state index in [1.54, 1.807) is 18.0 Å². The highest BCUT2D eigenvalue weighted by Crippen LogP contribution is 2.33. The molecule has 2 heterocycles. The Balaban J connectivity index is 1.76. The Labute approximate surface area is 109 Å². The highest BCUT2D eigenvalue weighted by Gasteiger charge is 2.42. The number of hydrogen-bond acceptors (Lipinski definition) is 4. The highest BCUT2D eigenvalue weighted by atomic mass is 32.2. The van der Waals surface area contributed by atoms with Gasteiger partial charge in [-0.15, -0.1) is 0 Å². The number of hydrogen-bond donors (Lipinski definition) is 3. The molecule has 1 radical (unpaired) electrons. The summed E-state index contributed by atoms with van der Waals surface area (Å²) in [6.07, 6.45) is 3.32. The third kappa shape index (κ3) is 2.77. The molecular formula is C11H15N2O4S. The maximum absolute atomic E-state index is 11.2. The average molecular weight is 271 g/mol. The number of nitrogens with one attached hydrogen (secondary N) is 2. The molecule has 2 aliphatic rings. The van der Waals surface area contributed by atoms with Crippen LogP contribution in [0.3, 0.4) is 0 Å². The van der Waals surface area contributed by atoms with Crippen molar-refractivity contribution >= 4 is 30.0 Å². The van der Waals surface area contributed by atoms with E-state index in [4.69, 9.17) is 5.11 Å². The molecule has 6 nitrogen and oxygen atoms in total. The van der Waals surface area contributed by atoms with E-state index in [0.29, 0.717) is 18.1 Å². The molecule has 99 valence electrons. The van der Waals surface area contributed by atoms with Crippen LogP contribution >= 0.6 is 11.8 Å². The van der Waals surface area contributed by atoms with Gasteiger partial charge in [-0.1, -0.05) is 6.42 Å². The van der Waals surface area contributed by atoms with Crippen molar-refractivity contribution in [3.63, 3.8) is 0 Å². The Morgan fingerprint density at radius 2 is 2.33 bits per heavy atom. The summed E-state index contributed by atoms with van der Waals surface area (Å²) in [6, 6.07) is 0.186. The molecule has 0 aromatic rings. The van der Waals surface area contributed by atoms with Crippen LogP contribution < -0.4 is 10.6 Å². The lowest BCUT2D eigenvalue weighted by Gasteiger charge is -2.16. The first-order valence-electron chi connectivity index (χ1n) is 5.91. The van der Waals surface area contributed by atoms with Crippen molar-refractivity contribution in [3.05, 3.63) is 0 Å². The number of rotatable bonds is 6. The number of fused-ring (bicyclic) bond motifs is 1. The van der Waals surface area contributed by atoms with Crippen molar-refractivity contribution < 1.29 is 19.5 Å². The molecule has 0 aliphatic carbocycles. The van der Waals surface area contributed by atoms with Crippen LogP contribution in [0.2, 0.25) is 0 Å². The van der Waals surface area contributed by atoms with Crippen LogP contribution in [-0.2, 0) is 9.59 Å². The molecule has 2 saturated heterocycles. The fourth-order valence-corrected chi connectivity index (χ4v) is 3.94. The summed E-state index contributed by atoms with van der Waals surface area (Å²) in [5.74, 6) is -1.25. The van der Waals surface area contributed by atoms with Crippen LogP contribution in [-0.4, -0.2) is 46.5 Å². The fourth-order valence-electron chi connectivity index (χ4n) is 2.40. The quantitative estimate of drug-likeness (QED) is 0.471. The molecule has 0 spiro atoms. The number of thioether (sulfide) groups is 1. The topological polar surface area (TPSA) is 95.5 Å². The van der Waals surface area contributed by atoms with E-state index in [9.17, 15) is 14.4 Å². The Morgan fingerprint density at radius 1 is 1.56 bits per heavy atom. The number of carboxylic acids is 1. The zero-order valence-electron chi connectivity index (χ0n) is 9.72. The van der Waals surface area contributed by atoms with E-state index in [-0.39, 0.29) is 18.1 Å². The largest absolute Gasteiger partial charge is 0.481 e. The first kappa shape index (κ1) is 13.2. The summed E-state index contributed by atoms with van der Waals surface area (Å²) in [6.45, 7) is 0. The van der Waals surface area contributed by atoms with Crippen LogP contribution in [0.25, 0.3) is 0 Å². The van der Waals surface area contributed by atoms with E-state index in [0.717, 1.165) is 12.2 Å². The number of carboxylic acid groups (broad SMARTS) is 1. The van der Waals surface area contributed by atoms with Gasteiger partial charge in [-0.05, 0) is 12.8 Å². The molecule has 18 heavy (non-hydrogen) atoms. The van der Waals surface area contributed by atoms with Crippen molar-refractivity contribution in [3.8, 4) is 0 Å². The molecule has 1 unspecified atom stereocenters. The molecule has 7 heteroatoms. The van der Waals surface area contributed by atoms with E-state index in [2.05, 4.69) is 10.6 Å². The minimum absolute atomic E-state index is 0.125. The van der Waals surface area contributed by atoms with Gasteiger partial charge in [-0.2, -0.15) is 11.8 Å². The van der Waals surface area contributed by atoms with Gasteiger partial charge in [-0.25, -0.2) is 4.79 Å². The van der Waals surface area contributed by atoms with Crippen LogP contribution in [0, 0.1) is 5.92 Å². The Morgan fingerprint density at radius 3 is 3.00 bits per heavy atom. The lowest BCUT2D eigenvalue weighted by atomic mass is 9.99. The third-order valence-corrected chi connectivity index (χ3v) is 4.87. The molecule has 2 rings (SSSR count). The van der Waals surface area contributed by atoms with Gasteiger partial charge < -0.3 is 15.7 Å². The monoisotopic (exact) mass is 271 g/mol. The van der Waals surface area contributed by atoms with Crippen LogP contribution in [0.15, 0.2) is 0 Å². The second kappa shape index (κ2) is 5.60. The summed E-state index contributed by atoms with van der Waals surface area (Å²) in [7, 11) is 0. The van der Waals surface area contributed by atoms with Crippen molar-refractivity contribution in [1.29, 1.82) is 0 Å². The molecule has 3 N–H and O–H groups in total. The number of carbonyl (C=O) groups is 2. The minimum Gasteiger partial charge on any atom is -0.481 e. The lowest BCUT2D eigenvalue weighted by Crippen LogP contribution is -2.36. The van der Waals surface area contributed by atoms with Gasteiger partial charge in [0.05, 0.1) is 12.1 Å². The summed E-state index contributed by atoms with van der Waals surface area (Å²) in [5, 5.41) is 14.7. The average Bonchev–Trinajstić information content (AvgIpc) is 2.84. The Bertz CT molecular complexity index is 363. The fraction of sp³-hybridized carbons (Fsp3) is 0.727. The van der Waals surface area contributed by atoms with Crippen LogP contribution in [0.5, 0.6) is 0 Å². The summed E-state index contributed by atoms with van der Waals surface area (Å²) < 4.78 is 0. The predicted molar refractivity (Wildman–Crippen MR) is 66.2 cm³/mol. The van der Waals surface area contributed by atoms with Gasteiger partial charge >= 0.3 is 12.0 Å². The van der Waals surface area contributed by atoms with Crippen LogP contribution in [0.4, 0.5) is 4.79 Å². The molecule has 0 bridgehead atoms. The summed E-state index contributed by atoms with van der Waals surface area (Å²) >= 11 is 1.78. The van der Waals surface area contributed by atoms with Gasteiger partial charge in [0.15, 0.2) is 0 Å². The van der Waals surface area contributed by atoms with E-state index in [1.165, 1.54) is 0 Å².